The highest BCUT2D eigenvalue weighted by atomic mass is 35.5. The van der Waals surface area contributed by atoms with Gasteiger partial charge in [-0.2, -0.15) is 0 Å². The molecule has 0 saturated carbocycles. The molecule has 5 nitrogen and oxygen atoms in total. The van der Waals surface area contributed by atoms with Gasteiger partial charge in [-0.1, -0.05) is 34.8 Å². The van der Waals surface area contributed by atoms with Crippen LogP contribution in [0.5, 0.6) is 0 Å². The van der Waals surface area contributed by atoms with E-state index in [-0.39, 0.29) is 6.61 Å². The van der Waals surface area contributed by atoms with E-state index in [0.29, 0.717) is 44.0 Å². The third kappa shape index (κ3) is 2.76. The van der Waals surface area contributed by atoms with Crippen LogP contribution in [-0.4, -0.2) is 34.0 Å². The second-order valence-electron chi connectivity index (χ2n) is 5.95. The lowest BCUT2D eigenvalue weighted by molar-refractivity contribution is -0.0221. The Morgan fingerprint density at radius 1 is 1.28 bits per heavy atom. The predicted molar refractivity (Wildman–Crippen MR) is 96.4 cm³/mol. The third-order valence-corrected chi connectivity index (χ3v) is 5.55. The van der Waals surface area contributed by atoms with Gasteiger partial charge in [0, 0.05) is 22.9 Å². The number of aromatic nitrogens is 1. The summed E-state index contributed by atoms with van der Waals surface area (Å²) in [5, 5.41) is 21.2. The third-order valence-electron chi connectivity index (χ3n) is 4.46. The molecule has 3 aromatic rings. The van der Waals surface area contributed by atoms with E-state index in [1.165, 1.54) is 0 Å². The molecular weight excluding hydrogens is 389 g/mol. The number of furan rings is 1. The van der Waals surface area contributed by atoms with E-state index in [0.717, 1.165) is 5.39 Å². The molecule has 3 atom stereocenters. The molecule has 25 heavy (non-hydrogen) atoms. The molecule has 0 bridgehead atoms. The fraction of sp³-hybridized carbons (Fsp3) is 0.294. The first-order valence-corrected chi connectivity index (χ1v) is 8.82. The van der Waals surface area contributed by atoms with Crippen LogP contribution < -0.4 is 0 Å². The van der Waals surface area contributed by atoms with Crippen molar-refractivity contribution in [2.75, 3.05) is 6.61 Å². The van der Waals surface area contributed by atoms with Crippen LogP contribution in [-0.2, 0) is 4.74 Å². The predicted octanol–water partition coefficient (Wildman–Crippen LogP) is 4.57. The van der Waals surface area contributed by atoms with Crippen molar-refractivity contribution in [1.82, 2.24) is 4.98 Å². The number of aliphatic hydroxyl groups excluding tert-OH is 2. The first-order valence-electron chi connectivity index (χ1n) is 7.68. The van der Waals surface area contributed by atoms with Crippen molar-refractivity contribution in [2.45, 2.75) is 24.7 Å². The maximum absolute atomic E-state index is 10.1. The van der Waals surface area contributed by atoms with Crippen molar-refractivity contribution in [3.63, 3.8) is 0 Å². The first-order chi connectivity index (χ1) is 12.0. The van der Waals surface area contributed by atoms with Gasteiger partial charge in [0.15, 0.2) is 0 Å². The van der Waals surface area contributed by atoms with Crippen molar-refractivity contribution in [3.05, 3.63) is 45.2 Å². The summed E-state index contributed by atoms with van der Waals surface area (Å²) in [6.45, 7) is -0.280. The summed E-state index contributed by atoms with van der Waals surface area (Å²) >= 11 is 19.2. The van der Waals surface area contributed by atoms with Crippen LogP contribution in [0.1, 0.15) is 18.1 Å². The Hall–Kier alpha value is -1.21. The number of rotatable bonds is 3. The lowest BCUT2D eigenvalue weighted by atomic mass is 9.97. The number of ether oxygens (including phenoxy) is 1. The fourth-order valence-corrected chi connectivity index (χ4v) is 4.11. The van der Waals surface area contributed by atoms with E-state index in [4.69, 9.17) is 44.0 Å². The average Bonchev–Trinajstić information content (AvgIpc) is 3.27. The highest BCUT2D eigenvalue weighted by Gasteiger charge is 2.37. The van der Waals surface area contributed by atoms with E-state index in [1.54, 1.807) is 24.5 Å². The van der Waals surface area contributed by atoms with Crippen molar-refractivity contribution in [2.24, 2.45) is 0 Å². The number of hydrogen-bond donors (Lipinski definition) is 3. The molecule has 1 aliphatic rings. The van der Waals surface area contributed by atoms with Gasteiger partial charge in [0.1, 0.15) is 17.0 Å². The molecule has 1 aliphatic heterocycles. The number of benzene rings is 1. The molecular formula is C17H14Cl3NO4. The van der Waals surface area contributed by atoms with Crippen molar-refractivity contribution < 1.29 is 19.4 Å². The van der Waals surface area contributed by atoms with E-state index in [9.17, 15) is 10.2 Å². The average molecular weight is 403 g/mol. The lowest BCUT2D eigenvalue weighted by Crippen LogP contribution is -2.24. The zero-order valence-corrected chi connectivity index (χ0v) is 15.1. The van der Waals surface area contributed by atoms with Crippen LogP contribution >= 0.6 is 34.8 Å². The molecule has 0 unspecified atom stereocenters. The van der Waals surface area contributed by atoms with Gasteiger partial charge in [0.25, 0.3) is 0 Å². The summed E-state index contributed by atoms with van der Waals surface area (Å²) in [5.74, 6) is 0.577. The van der Waals surface area contributed by atoms with Crippen LogP contribution in [0.3, 0.4) is 0 Å². The Bertz CT molecular complexity index is 922. The quantitative estimate of drug-likeness (QED) is 0.599. The van der Waals surface area contributed by atoms with Gasteiger partial charge in [0.2, 0.25) is 0 Å². The number of nitrogens with one attached hydrogen (secondary N) is 1. The molecule has 4 rings (SSSR count). The summed E-state index contributed by atoms with van der Waals surface area (Å²) in [6, 6.07) is 5.25. The maximum Gasteiger partial charge on any atom is 0.137 e. The van der Waals surface area contributed by atoms with Crippen molar-refractivity contribution >= 4 is 45.7 Å². The maximum atomic E-state index is 10.1. The zero-order chi connectivity index (χ0) is 17.7. The summed E-state index contributed by atoms with van der Waals surface area (Å²) in [7, 11) is 0. The van der Waals surface area contributed by atoms with Crippen molar-refractivity contribution in [3.8, 4) is 11.3 Å². The largest absolute Gasteiger partial charge is 0.464 e. The summed E-state index contributed by atoms with van der Waals surface area (Å²) in [6.07, 6.45) is -0.139. The smallest absolute Gasteiger partial charge is 0.137 e. The molecule has 0 radical (unpaired) electrons. The van der Waals surface area contributed by atoms with Crippen LogP contribution in [0.2, 0.25) is 15.2 Å². The van der Waals surface area contributed by atoms with Crippen LogP contribution in [0.25, 0.3) is 22.2 Å². The number of aromatic amines is 1. The normalized spacial score (nSPS) is 23.6. The van der Waals surface area contributed by atoms with E-state index < -0.39 is 18.3 Å². The summed E-state index contributed by atoms with van der Waals surface area (Å²) in [5.41, 5.74) is 1.96. The molecule has 132 valence electrons. The standard InChI is InChI=1S/C17H14Cl3NO4/c18-7-4-8-13(15(17(20)21-8)10-2-1-3-24-10)14(16(7)19)11-5-9(23)12(6-22)25-11/h1-4,9,11-12,21-23H,5-6H2/t9-,11+,12+/m0/s1. The molecule has 1 fully saturated rings. The summed E-state index contributed by atoms with van der Waals surface area (Å²) < 4.78 is 11.3. The SMILES string of the molecule is OC[C@H]1O[C@@H](c2c(Cl)c(Cl)cc3[nH]c(Cl)c(-c4ccco4)c23)C[C@@H]1O. The minimum Gasteiger partial charge on any atom is -0.464 e. The van der Waals surface area contributed by atoms with Gasteiger partial charge >= 0.3 is 0 Å². The van der Waals surface area contributed by atoms with Crippen LogP contribution in [0.4, 0.5) is 0 Å². The van der Waals surface area contributed by atoms with E-state index in [1.807, 2.05) is 0 Å². The van der Waals surface area contributed by atoms with Crippen LogP contribution in [0.15, 0.2) is 28.9 Å². The van der Waals surface area contributed by atoms with Gasteiger partial charge < -0.3 is 24.4 Å². The first kappa shape index (κ1) is 17.2. The highest BCUT2D eigenvalue weighted by Crippen LogP contribution is 2.48. The highest BCUT2D eigenvalue weighted by molar-refractivity contribution is 6.44. The Kier molecular flexibility index (Phi) is 4.48. The Morgan fingerprint density at radius 2 is 2.08 bits per heavy atom. The topological polar surface area (TPSA) is 78.6 Å². The molecule has 0 aliphatic carbocycles. The second-order valence-corrected chi connectivity index (χ2v) is 7.11. The fourth-order valence-electron chi connectivity index (χ4n) is 3.34. The Balaban J connectivity index is 1.98. The Labute approximate surface area is 158 Å². The number of aliphatic hydroxyl groups is 2. The number of halogens is 3. The van der Waals surface area contributed by atoms with Crippen LogP contribution in [0, 0.1) is 0 Å². The minimum atomic E-state index is -0.790. The second kappa shape index (κ2) is 6.50. The van der Waals surface area contributed by atoms with Gasteiger partial charge in [-0.15, -0.1) is 0 Å². The number of hydrogen-bond acceptors (Lipinski definition) is 4. The Morgan fingerprint density at radius 3 is 2.72 bits per heavy atom. The lowest BCUT2D eigenvalue weighted by Gasteiger charge is -2.17. The molecule has 0 spiro atoms. The molecule has 1 aromatic carbocycles. The monoisotopic (exact) mass is 401 g/mol. The molecule has 8 heteroatoms. The van der Waals surface area contributed by atoms with Gasteiger partial charge in [0.05, 0.1) is 40.7 Å². The molecule has 3 heterocycles. The van der Waals surface area contributed by atoms with Crippen molar-refractivity contribution in [1.29, 1.82) is 0 Å². The molecule has 2 aromatic heterocycles. The van der Waals surface area contributed by atoms with Gasteiger partial charge in [-0.05, 0) is 18.2 Å². The minimum absolute atomic E-state index is 0.280. The van der Waals surface area contributed by atoms with Gasteiger partial charge in [-0.25, -0.2) is 0 Å². The van der Waals surface area contributed by atoms with Gasteiger partial charge in [-0.3, -0.25) is 0 Å². The molecule has 3 N–H and O–H groups in total. The number of fused-ring (bicyclic) bond motifs is 1. The molecule has 1 saturated heterocycles. The summed E-state index contributed by atoms with van der Waals surface area (Å²) in [4.78, 5) is 3.08. The van der Waals surface area contributed by atoms with E-state index in [2.05, 4.69) is 4.98 Å². The van der Waals surface area contributed by atoms with E-state index >= 15 is 0 Å². The zero-order valence-electron chi connectivity index (χ0n) is 12.8. The molecule has 0 amide bonds. The number of H-pyrrole nitrogens is 1.